The summed E-state index contributed by atoms with van der Waals surface area (Å²) in [6.45, 7) is 4.13. The van der Waals surface area contributed by atoms with Crippen molar-refractivity contribution in [1.29, 1.82) is 0 Å². The Balaban J connectivity index is 1.72. The molecule has 1 saturated heterocycles. The van der Waals surface area contributed by atoms with E-state index < -0.39 is 15.7 Å². The second-order valence-corrected chi connectivity index (χ2v) is 10.3. The molecule has 0 spiro atoms. The van der Waals surface area contributed by atoms with Crippen LogP contribution in [0.5, 0.6) is 0 Å². The SMILES string of the molecule is C=CCn1c(=NC(=O)c2ccc(N3C(=O)CCC3=O)cc2)sc2cc(S(C)(=O)=O)ccc21. The molecule has 1 aromatic heterocycles. The Morgan fingerprint density at radius 3 is 2.38 bits per heavy atom. The molecule has 0 aliphatic carbocycles. The molecule has 0 atom stereocenters. The number of hydrogen-bond donors (Lipinski definition) is 0. The lowest BCUT2D eigenvalue weighted by Gasteiger charge is -2.13. The molecule has 0 radical (unpaired) electrons. The van der Waals surface area contributed by atoms with Gasteiger partial charge in [0.15, 0.2) is 14.6 Å². The lowest BCUT2D eigenvalue weighted by atomic mass is 10.2. The summed E-state index contributed by atoms with van der Waals surface area (Å²) < 4.78 is 26.2. The summed E-state index contributed by atoms with van der Waals surface area (Å²) in [5.41, 5.74) is 1.47. The van der Waals surface area contributed by atoms with Crippen molar-refractivity contribution >= 4 is 54.8 Å². The summed E-state index contributed by atoms with van der Waals surface area (Å²) in [7, 11) is -3.37. The maximum Gasteiger partial charge on any atom is 0.279 e. The number of carbonyl (C=O) groups excluding carboxylic acids is 3. The number of fused-ring (bicyclic) bond motifs is 1. The van der Waals surface area contributed by atoms with Crippen molar-refractivity contribution in [3.63, 3.8) is 0 Å². The smallest absolute Gasteiger partial charge is 0.279 e. The zero-order chi connectivity index (χ0) is 23.0. The Morgan fingerprint density at radius 1 is 1.12 bits per heavy atom. The topological polar surface area (TPSA) is 106 Å². The number of amides is 3. The van der Waals surface area contributed by atoms with E-state index in [-0.39, 0.29) is 29.6 Å². The Morgan fingerprint density at radius 2 is 1.78 bits per heavy atom. The van der Waals surface area contributed by atoms with Crippen molar-refractivity contribution in [2.75, 3.05) is 11.2 Å². The zero-order valence-corrected chi connectivity index (χ0v) is 18.8. The first-order chi connectivity index (χ1) is 15.2. The third-order valence-corrected chi connectivity index (χ3v) is 7.17. The minimum absolute atomic E-state index is 0.186. The highest BCUT2D eigenvalue weighted by atomic mass is 32.2. The van der Waals surface area contributed by atoms with Gasteiger partial charge in [0.2, 0.25) is 11.8 Å². The van der Waals surface area contributed by atoms with Gasteiger partial charge in [0.05, 0.1) is 20.8 Å². The number of hydrogen-bond acceptors (Lipinski definition) is 6. The molecule has 3 amide bonds. The number of carbonyl (C=O) groups is 3. The predicted molar refractivity (Wildman–Crippen MR) is 121 cm³/mol. The van der Waals surface area contributed by atoms with Crippen molar-refractivity contribution in [1.82, 2.24) is 4.57 Å². The van der Waals surface area contributed by atoms with Gasteiger partial charge in [-0.25, -0.2) is 8.42 Å². The van der Waals surface area contributed by atoms with Crippen LogP contribution < -0.4 is 9.70 Å². The molecule has 164 valence electrons. The number of nitrogens with zero attached hydrogens (tertiary/aromatic N) is 3. The van der Waals surface area contributed by atoms with Crippen LogP contribution in [-0.2, 0) is 26.0 Å². The number of allylic oxidation sites excluding steroid dienone is 1. The van der Waals surface area contributed by atoms with E-state index >= 15 is 0 Å². The largest absolute Gasteiger partial charge is 0.312 e. The maximum absolute atomic E-state index is 12.8. The fourth-order valence-corrected chi connectivity index (χ4v) is 5.24. The molecule has 1 fully saturated rings. The van der Waals surface area contributed by atoms with E-state index in [1.807, 2.05) is 0 Å². The first-order valence-corrected chi connectivity index (χ1v) is 12.4. The molecule has 2 aromatic carbocycles. The van der Waals surface area contributed by atoms with Crippen molar-refractivity contribution in [2.45, 2.75) is 24.3 Å². The van der Waals surface area contributed by atoms with E-state index in [0.29, 0.717) is 27.3 Å². The highest BCUT2D eigenvalue weighted by Gasteiger charge is 2.30. The first-order valence-electron chi connectivity index (χ1n) is 9.68. The lowest BCUT2D eigenvalue weighted by molar-refractivity contribution is -0.121. The summed E-state index contributed by atoms with van der Waals surface area (Å²) in [4.78, 5) is 42.5. The van der Waals surface area contributed by atoms with Crippen LogP contribution in [0.3, 0.4) is 0 Å². The van der Waals surface area contributed by atoms with Gasteiger partial charge in [-0.05, 0) is 42.5 Å². The van der Waals surface area contributed by atoms with Gasteiger partial charge in [0.1, 0.15) is 0 Å². The zero-order valence-electron chi connectivity index (χ0n) is 17.1. The molecule has 0 bridgehead atoms. The number of thiazole rings is 1. The Labute approximate surface area is 188 Å². The van der Waals surface area contributed by atoms with E-state index in [2.05, 4.69) is 11.6 Å². The van der Waals surface area contributed by atoms with E-state index in [9.17, 15) is 22.8 Å². The van der Waals surface area contributed by atoms with E-state index in [1.165, 1.54) is 29.5 Å². The molecule has 10 heteroatoms. The maximum atomic E-state index is 12.8. The molecule has 1 aliphatic heterocycles. The van der Waals surface area contributed by atoms with Gasteiger partial charge >= 0.3 is 0 Å². The quantitative estimate of drug-likeness (QED) is 0.422. The number of sulfone groups is 1. The van der Waals surface area contributed by atoms with Crippen molar-refractivity contribution in [2.24, 2.45) is 4.99 Å². The summed E-state index contributed by atoms with van der Waals surface area (Å²) in [5, 5.41) is 0. The average molecular weight is 470 g/mol. The number of benzene rings is 2. The fourth-order valence-electron chi connectivity index (χ4n) is 3.44. The Bertz CT molecular complexity index is 1430. The number of aromatic nitrogens is 1. The summed E-state index contributed by atoms with van der Waals surface area (Å²) in [5.74, 6) is -1.02. The van der Waals surface area contributed by atoms with Gasteiger partial charge in [-0.2, -0.15) is 4.99 Å². The van der Waals surface area contributed by atoms with Crippen LogP contribution in [0.1, 0.15) is 23.2 Å². The molecular formula is C22H19N3O5S2. The van der Waals surface area contributed by atoms with E-state index in [1.54, 1.807) is 34.9 Å². The predicted octanol–water partition coefficient (Wildman–Crippen LogP) is 2.69. The minimum Gasteiger partial charge on any atom is -0.312 e. The van der Waals surface area contributed by atoms with E-state index in [4.69, 9.17) is 0 Å². The van der Waals surface area contributed by atoms with Gasteiger partial charge in [-0.15, -0.1) is 6.58 Å². The third-order valence-electron chi connectivity index (χ3n) is 5.02. The van der Waals surface area contributed by atoms with Crippen LogP contribution in [0.2, 0.25) is 0 Å². The minimum atomic E-state index is -3.37. The lowest BCUT2D eigenvalue weighted by Crippen LogP contribution is -2.28. The van der Waals surface area contributed by atoms with Crippen molar-refractivity contribution < 1.29 is 22.8 Å². The Hall–Kier alpha value is -3.37. The average Bonchev–Trinajstić information content (AvgIpc) is 3.26. The summed E-state index contributed by atoms with van der Waals surface area (Å²) in [6, 6.07) is 10.9. The fraction of sp³-hybridized carbons (Fsp3) is 0.182. The molecule has 4 rings (SSSR count). The van der Waals surface area contributed by atoms with Crippen LogP contribution in [0, 0.1) is 0 Å². The monoisotopic (exact) mass is 469 g/mol. The highest BCUT2D eigenvalue weighted by Crippen LogP contribution is 2.24. The molecule has 8 nitrogen and oxygen atoms in total. The number of imide groups is 1. The van der Waals surface area contributed by atoms with Gasteiger partial charge in [0, 0.05) is 31.2 Å². The number of rotatable bonds is 5. The second kappa shape index (κ2) is 8.29. The summed E-state index contributed by atoms with van der Waals surface area (Å²) >= 11 is 1.21. The first kappa shape index (κ1) is 21.8. The van der Waals surface area contributed by atoms with Gasteiger partial charge in [-0.1, -0.05) is 17.4 Å². The van der Waals surface area contributed by atoms with E-state index in [0.717, 1.165) is 16.7 Å². The van der Waals surface area contributed by atoms with Crippen molar-refractivity contribution in [3.05, 3.63) is 65.5 Å². The molecule has 0 saturated carbocycles. The van der Waals surface area contributed by atoms with Crippen LogP contribution in [0.4, 0.5) is 5.69 Å². The molecule has 3 aromatic rings. The summed E-state index contributed by atoms with van der Waals surface area (Å²) in [6.07, 6.45) is 3.18. The molecule has 1 aliphatic rings. The molecule has 0 N–H and O–H groups in total. The molecule has 0 unspecified atom stereocenters. The van der Waals surface area contributed by atoms with Gasteiger partial charge in [-0.3, -0.25) is 19.3 Å². The highest BCUT2D eigenvalue weighted by molar-refractivity contribution is 7.90. The van der Waals surface area contributed by atoms with Gasteiger partial charge < -0.3 is 4.57 Å². The third kappa shape index (κ3) is 4.06. The van der Waals surface area contributed by atoms with Gasteiger partial charge in [0.25, 0.3) is 5.91 Å². The molecule has 32 heavy (non-hydrogen) atoms. The Kier molecular flexibility index (Phi) is 5.66. The molecule has 2 heterocycles. The van der Waals surface area contributed by atoms with Crippen LogP contribution in [-0.4, -0.2) is 37.0 Å². The second-order valence-electron chi connectivity index (χ2n) is 7.27. The standard InChI is InChI=1S/C22H19N3O5S2/c1-3-12-24-17-9-8-16(32(2,29)30)13-18(17)31-22(24)23-21(28)14-4-6-15(7-5-14)25-19(26)10-11-20(25)27/h3-9,13H,1,10-12H2,2H3. The molecular weight excluding hydrogens is 450 g/mol. The van der Waals surface area contributed by atoms with Crippen molar-refractivity contribution in [3.8, 4) is 0 Å². The number of anilines is 1. The van der Waals surface area contributed by atoms with Crippen LogP contribution in [0.15, 0.2) is 65.0 Å². The van der Waals surface area contributed by atoms with Crippen LogP contribution in [0.25, 0.3) is 10.2 Å². The van der Waals surface area contributed by atoms with Crippen LogP contribution >= 0.6 is 11.3 Å². The normalized spacial score (nSPS) is 15.0.